The predicted molar refractivity (Wildman–Crippen MR) is 51.7 cm³/mol. The summed E-state index contributed by atoms with van der Waals surface area (Å²) in [6, 6.07) is 0. The zero-order valence-corrected chi connectivity index (χ0v) is 8.94. The Balaban J connectivity index is 2.63. The van der Waals surface area contributed by atoms with Gasteiger partial charge < -0.3 is 9.47 Å². The van der Waals surface area contributed by atoms with Crippen molar-refractivity contribution in [2.45, 2.75) is 10.5 Å². The van der Waals surface area contributed by atoms with Crippen LogP contribution in [0.5, 0.6) is 0 Å². The second-order valence-electron chi connectivity index (χ2n) is 2.34. The first-order valence-corrected chi connectivity index (χ1v) is 5.69. The summed E-state index contributed by atoms with van der Waals surface area (Å²) in [4.78, 5) is 22.4. The van der Waals surface area contributed by atoms with Crippen molar-refractivity contribution < 1.29 is 19.1 Å². The maximum absolute atomic E-state index is 11.2. The topological polar surface area (TPSA) is 52.6 Å². The molecule has 0 spiro atoms. The Morgan fingerprint density at radius 1 is 1.08 bits per heavy atom. The Labute approximate surface area is 84.7 Å². The lowest BCUT2D eigenvalue weighted by Crippen LogP contribution is -2.33. The lowest BCUT2D eigenvalue weighted by atomic mass is 10.3. The first-order chi connectivity index (χ1) is 6.20. The van der Waals surface area contributed by atoms with Crippen LogP contribution < -0.4 is 0 Å². The molecule has 2 atom stereocenters. The van der Waals surface area contributed by atoms with Crippen molar-refractivity contribution in [1.29, 1.82) is 0 Å². The molecule has 4 nitrogen and oxygen atoms in total. The van der Waals surface area contributed by atoms with E-state index in [1.54, 1.807) is 0 Å². The van der Waals surface area contributed by atoms with E-state index in [1.807, 2.05) is 0 Å². The Kier molecular flexibility index (Phi) is 3.92. The van der Waals surface area contributed by atoms with Crippen LogP contribution in [0.1, 0.15) is 0 Å². The van der Waals surface area contributed by atoms with E-state index >= 15 is 0 Å². The first-order valence-electron chi connectivity index (χ1n) is 3.59. The van der Waals surface area contributed by atoms with Gasteiger partial charge in [0.05, 0.1) is 14.2 Å². The third kappa shape index (κ3) is 2.31. The fourth-order valence-corrected chi connectivity index (χ4v) is 3.97. The Morgan fingerprint density at radius 3 is 1.77 bits per heavy atom. The highest BCUT2D eigenvalue weighted by atomic mass is 32.2. The molecular weight excluding hydrogens is 212 g/mol. The second kappa shape index (κ2) is 4.76. The minimum atomic E-state index is -0.414. The number of carbonyl (C=O) groups excluding carboxylic acids is 2. The maximum Gasteiger partial charge on any atom is 0.320 e. The van der Waals surface area contributed by atoms with Crippen molar-refractivity contribution in [3.05, 3.63) is 0 Å². The summed E-state index contributed by atoms with van der Waals surface area (Å²) in [5, 5.41) is -0.107. The lowest BCUT2D eigenvalue weighted by Gasteiger charge is -2.12. The van der Waals surface area contributed by atoms with Crippen molar-refractivity contribution in [1.82, 2.24) is 0 Å². The number of rotatable bonds is 2. The lowest BCUT2D eigenvalue weighted by molar-refractivity contribution is -0.145. The van der Waals surface area contributed by atoms with Crippen LogP contribution in [0.25, 0.3) is 0 Å². The van der Waals surface area contributed by atoms with Gasteiger partial charge in [0.15, 0.2) is 0 Å². The number of ether oxygens (including phenoxy) is 2. The fraction of sp³-hybridized carbons (Fsp3) is 0.714. The Bertz CT molecular complexity index is 197. The van der Waals surface area contributed by atoms with Crippen LogP contribution in [0.4, 0.5) is 0 Å². The molecule has 0 aromatic heterocycles. The summed E-state index contributed by atoms with van der Waals surface area (Å²) in [6.07, 6.45) is 0. The smallest absolute Gasteiger partial charge is 0.320 e. The molecule has 1 aliphatic rings. The molecule has 0 amide bonds. The Hall–Kier alpha value is -0.360. The van der Waals surface area contributed by atoms with Crippen LogP contribution in [0.3, 0.4) is 0 Å². The summed E-state index contributed by atoms with van der Waals surface area (Å²) in [5.41, 5.74) is 0. The van der Waals surface area contributed by atoms with Gasteiger partial charge >= 0.3 is 11.9 Å². The molecule has 1 heterocycles. The van der Waals surface area contributed by atoms with Crippen molar-refractivity contribution in [2.24, 2.45) is 0 Å². The van der Waals surface area contributed by atoms with Gasteiger partial charge in [-0.15, -0.1) is 23.5 Å². The van der Waals surface area contributed by atoms with Gasteiger partial charge in [0.25, 0.3) is 0 Å². The van der Waals surface area contributed by atoms with E-state index in [4.69, 9.17) is 0 Å². The van der Waals surface area contributed by atoms with Gasteiger partial charge in [-0.05, 0) is 0 Å². The molecule has 0 aromatic carbocycles. The molecule has 0 aliphatic carbocycles. The van der Waals surface area contributed by atoms with E-state index in [0.717, 1.165) is 5.08 Å². The van der Waals surface area contributed by atoms with Crippen LogP contribution in [0.15, 0.2) is 0 Å². The van der Waals surface area contributed by atoms with Gasteiger partial charge in [-0.3, -0.25) is 9.59 Å². The second-order valence-corrected chi connectivity index (χ2v) is 4.96. The molecule has 6 heteroatoms. The van der Waals surface area contributed by atoms with E-state index < -0.39 is 10.5 Å². The van der Waals surface area contributed by atoms with Gasteiger partial charge in [-0.25, -0.2) is 0 Å². The van der Waals surface area contributed by atoms with Gasteiger partial charge in [-0.2, -0.15) is 0 Å². The van der Waals surface area contributed by atoms with Gasteiger partial charge in [0.2, 0.25) is 0 Å². The molecular formula is C7H10O4S2. The van der Waals surface area contributed by atoms with Crippen LogP contribution in [-0.2, 0) is 19.1 Å². The minimum Gasteiger partial charge on any atom is -0.468 e. The van der Waals surface area contributed by atoms with Crippen molar-refractivity contribution in [3.63, 3.8) is 0 Å². The summed E-state index contributed by atoms with van der Waals surface area (Å²) in [6.45, 7) is 0. The number of esters is 2. The number of carbonyl (C=O) groups is 2. The molecule has 1 aliphatic heterocycles. The van der Waals surface area contributed by atoms with Gasteiger partial charge in [0, 0.05) is 5.08 Å². The van der Waals surface area contributed by atoms with E-state index in [1.165, 1.54) is 37.7 Å². The minimum absolute atomic E-state index is 0.356. The molecule has 13 heavy (non-hydrogen) atoms. The third-order valence-corrected chi connectivity index (χ3v) is 4.55. The fourth-order valence-electron chi connectivity index (χ4n) is 0.976. The van der Waals surface area contributed by atoms with Crippen molar-refractivity contribution in [2.75, 3.05) is 19.3 Å². The normalized spacial score (nSPS) is 26.9. The van der Waals surface area contributed by atoms with Crippen LogP contribution in [-0.4, -0.2) is 41.7 Å². The van der Waals surface area contributed by atoms with E-state index in [-0.39, 0.29) is 11.9 Å². The van der Waals surface area contributed by atoms with Gasteiger partial charge in [-0.1, -0.05) is 0 Å². The number of hydrogen-bond donors (Lipinski definition) is 0. The SMILES string of the molecule is COC(=O)C1SCSC1C(=O)OC. The Morgan fingerprint density at radius 2 is 1.46 bits per heavy atom. The van der Waals surface area contributed by atoms with Crippen LogP contribution in [0.2, 0.25) is 0 Å². The zero-order chi connectivity index (χ0) is 9.84. The average molecular weight is 222 g/mol. The molecule has 0 aromatic rings. The molecule has 2 unspecified atom stereocenters. The molecule has 1 fully saturated rings. The largest absolute Gasteiger partial charge is 0.468 e. The first kappa shape index (κ1) is 10.7. The number of thioether (sulfide) groups is 2. The predicted octanol–water partition coefficient (Wildman–Crippen LogP) is 0.507. The third-order valence-electron chi connectivity index (χ3n) is 1.64. The molecule has 0 radical (unpaired) electrons. The molecule has 0 N–H and O–H groups in total. The molecule has 1 saturated heterocycles. The monoisotopic (exact) mass is 222 g/mol. The highest BCUT2D eigenvalue weighted by molar-refractivity contribution is 8.20. The molecule has 0 saturated carbocycles. The summed E-state index contributed by atoms with van der Waals surface area (Å²) < 4.78 is 9.16. The highest BCUT2D eigenvalue weighted by Gasteiger charge is 2.40. The zero-order valence-electron chi connectivity index (χ0n) is 7.31. The highest BCUT2D eigenvalue weighted by Crippen LogP contribution is 2.37. The summed E-state index contributed by atoms with van der Waals surface area (Å²) in [5.74, 6) is -0.712. The molecule has 0 bridgehead atoms. The summed E-state index contributed by atoms with van der Waals surface area (Å²) >= 11 is 2.83. The molecule has 74 valence electrons. The quantitative estimate of drug-likeness (QED) is 0.634. The molecule has 1 rings (SSSR count). The average Bonchev–Trinajstić information content (AvgIpc) is 2.63. The number of hydrogen-bond acceptors (Lipinski definition) is 6. The van der Waals surface area contributed by atoms with Crippen molar-refractivity contribution >= 4 is 35.5 Å². The van der Waals surface area contributed by atoms with Crippen LogP contribution >= 0.6 is 23.5 Å². The van der Waals surface area contributed by atoms with E-state index in [9.17, 15) is 9.59 Å². The van der Waals surface area contributed by atoms with E-state index in [0.29, 0.717) is 0 Å². The van der Waals surface area contributed by atoms with Crippen LogP contribution in [0, 0.1) is 0 Å². The van der Waals surface area contributed by atoms with Gasteiger partial charge in [0.1, 0.15) is 10.5 Å². The van der Waals surface area contributed by atoms with E-state index in [2.05, 4.69) is 9.47 Å². The number of methoxy groups -OCH3 is 2. The van der Waals surface area contributed by atoms with Crippen molar-refractivity contribution in [3.8, 4) is 0 Å². The standard InChI is InChI=1S/C7H10O4S2/c1-10-6(8)4-5(7(9)11-2)13-3-12-4/h4-5H,3H2,1-2H3. The summed E-state index contributed by atoms with van der Waals surface area (Å²) in [7, 11) is 2.64. The maximum atomic E-state index is 11.2.